The van der Waals surface area contributed by atoms with Gasteiger partial charge in [0.05, 0.1) is 17.6 Å². The number of hydrazine groups is 1. The number of nitrogen functional groups attached to an aromatic ring is 1. The molecule has 5 nitrogen and oxygen atoms in total. The van der Waals surface area contributed by atoms with Crippen LogP contribution in [0.3, 0.4) is 0 Å². The highest BCUT2D eigenvalue weighted by atomic mass is 19.4. The van der Waals surface area contributed by atoms with E-state index in [0.717, 1.165) is 6.07 Å². The first-order chi connectivity index (χ1) is 11.4. The number of halogens is 3. The summed E-state index contributed by atoms with van der Waals surface area (Å²) in [5, 5.41) is 4.65. The number of aromatic nitrogens is 2. The van der Waals surface area contributed by atoms with E-state index in [4.69, 9.17) is 5.84 Å². The van der Waals surface area contributed by atoms with E-state index in [1.165, 1.54) is 22.9 Å². The summed E-state index contributed by atoms with van der Waals surface area (Å²) in [6.07, 6.45) is -4.46. The number of hydrogen-bond donors (Lipinski definition) is 2. The molecule has 124 valence electrons. The van der Waals surface area contributed by atoms with Gasteiger partial charge in [-0.2, -0.15) is 18.3 Å². The number of nitrogens with one attached hydrogen (secondary N) is 1. The zero-order chi connectivity index (χ0) is 17.3. The number of nitrogens with two attached hydrogens (primary N) is 1. The topological polar surface area (TPSA) is 72.9 Å². The van der Waals surface area contributed by atoms with Crippen LogP contribution < -0.4 is 11.3 Å². The largest absolute Gasteiger partial charge is 0.416 e. The van der Waals surface area contributed by atoms with Gasteiger partial charge in [0, 0.05) is 5.39 Å². The third-order valence-corrected chi connectivity index (χ3v) is 3.65. The smallest absolute Gasteiger partial charge is 0.289 e. The minimum absolute atomic E-state index is 0.0672. The van der Waals surface area contributed by atoms with Gasteiger partial charge < -0.3 is 0 Å². The van der Waals surface area contributed by atoms with Gasteiger partial charge >= 0.3 is 6.18 Å². The average Bonchev–Trinajstić information content (AvgIpc) is 2.93. The highest BCUT2D eigenvalue weighted by molar-refractivity contribution is 6.04. The van der Waals surface area contributed by atoms with E-state index in [1.54, 1.807) is 24.3 Å². The number of benzene rings is 2. The van der Waals surface area contributed by atoms with Crippen molar-refractivity contribution in [3.05, 3.63) is 65.4 Å². The molecule has 1 heterocycles. The van der Waals surface area contributed by atoms with Gasteiger partial charge in [-0.3, -0.25) is 14.9 Å². The summed E-state index contributed by atoms with van der Waals surface area (Å²) >= 11 is 0. The Balaban J connectivity index is 2.11. The lowest BCUT2D eigenvalue weighted by Gasteiger charge is -2.13. The SMILES string of the molecule is NNC(=O)c1nn(Cc2ccccc2C(F)(F)F)c2ccccc12. The molecule has 3 N–H and O–H groups in total. The van der Waals surface area contributed by atoms with Gasteiger partial charge in [-0.15, -0.1) is 0 Å². The molecule has 0 saturated heterocycles. The van der Waals surface area contributed by atoms with Crippen LogP contribution in [0, 0.1) is 0 Å². The second-order valence-electron chi connectivity index (χ2n) is 5.15. The first-order valence-electron chi connectivity index (χ1n) is 7.03. The van der Waals surface area contributed by atoms with Gasteiger partial charge in [-0.1, -0.05) is 36.4 Å². The fraction of sp³-hybridized carbons (Fsp3) is 0.125. The number of alkyl halides is 3. The lowest BCUT2D eigenvalue weighted by Crippen LogP contribution is -2.30. The minimum atomic E-state index is -4.46. The molecule has 0 saturated carbocycles. The quantitative estimate of drug-likeness (QED) is 0.439. The van der Waals surface area contributed by atoms with Gasteiger partial charge in [0.25, 0.3) is 5.91 Å². The van der Waals surface area contributed by atoms with Gasteiger partial charge in [0.1, 0.15) is 0 Å². The highest BCUT2D eigenvalue weighted by Gasteiger charge is 2.33. The number of para-hydroxylation sites is 1. The highest BCUT2D eigenvalue weighted by Crippen LogP contribution is 2.32. The monoisotopic (exact) mass is 334 g/mol. The Labute approximate surface area is 134 Å². The van der Waals surface area contributed by atoms with Crippen LogP contribution in [0.1, 0.15) is 21.6 Å². The van der Waals surface area contributed by atoms with Gasteiger partial charge in [-0.05, 0) is 17.7 Å². The van der Waals surface area contributed by atoms with Crippen LogP contribution in [0.15, 0.2) is 48.5 Å². The molecule has 1 aromatic heterocycles. The number of carbonyl (C=O) groups excluding carboxylic acids is 1. The van der Waals surface area contributed by atoms with Crippen molar-refractivity contribution in [3.63, 3.8) is 0 Å². The van der Waals surface area contributed by atoms with Gasteiger partial charge in [0.15, 0.2) is 5.69 Å². The minimum Gasteiger partial charge on any atom is -0.289 e. The van der Waals surface area contributed by atoms with E-state index in [1.807, 2.05) is 5.43 Å². The third-order valence-electron chi connectivity index (χ3n) is 3.65. The summed E-state index contributed by atoms with van der Waals surface area (Å²) in [4.78, 5) is 11.8. The Kier molecular flexibility index (Phi) is 3.98. The number of amides is 1. The van der Waals surface area contributed by atoms with Crippen molar-refractivity contribution in [1.29, 1.82) is 0 Å². The molecule has 0 aliphatic rings. The van der Waals surface area contributed by atoms with Crippen molar-refractivity contribution in [1.82, 2.24) is 15.2 Å². The summed E-state index contributed by atoms with van der Waals surface area (Å²) in [6, 6.07) is 12.1. The molecule has 24 heavy (non-hydrogen) atoms. The number of hydrogen-bond acceptors (Lipinski definition) is 3. The Bertz CT molecular complexity index is 902. The predicted molar refractivity (Wildman–Crippen MR) is 81.9 cm³/mol. The molecule has 0 bridgehead atoms. The van der Waals surface area contributed by atoms with Crippen molar-refractivity contribution in [2.24, 2.45) is 5.84 Å². The molecule has 0 aliphatic heterocycles. The van der Waals surface area contributed by atoms with Crippen molar-refractivity contribution >= 4 is 16.8 Å². The molecule has 3 rings (SSSR count). The predicted octanol–water partition coefficient (Wildman–Crippen LogP) is 2.71. The summed E-state index contributed by atoms with van der Waals surface area (Å²) in [7, 11) is 0. The van der Waals surface area contributed by atoms with Crippen LogP contribution in [0.4, 0.5) is 13.2 Å². The molecule has 0 unspecified atom stereocenters. The van der Waals surface area contributed by atoms with Crippen LogP contribution in [-0.4, -0.2) is 15.7 Å². The van der Waals surface area contributed by atoms with E-state index >= 15 is 0 Å². The molecular weight excluding hydrogens is 321 g/mol. The first kappa shape index (κ1) is 16.0. The molecule has 2 aromatic carbocycles. The molecule has 1 amide bonds. The lowest BCUT2D eigenvalue weighted by atomic mass is 10.1. The number of fused-ring (bicyclic) bond motifs is 1. The van der Waals surface area contributed by atoms with Crippen molar-refractivity contribution < 1.29 is 18.0 Å². The third kappa shape index (κ3) is 2.83. The van der Waals surface area contributed by atoms with E-state index in [2.05, 4.69) is 5.10 Å². The summed E-state index contributed by atoms with van der Waals surface area (Å²) in [6.45, 7) is -0.117. The normalized spacial score (nSPS) is 11.7. The van der Waals surface area contributed by atoms with Crippen molar-refractivity contribution in [2.75, 3.05) is 0 Å². The summed E-state index contributed by atoms with van der Waals surface area (Å²) in [5.74, 6) is 4.54. The average molecular weight is 334 g/mol. The molecule has 0 atom stereocenters. The van der Waals surface area contributed by atoms with Gasteiger partial charge in [-0.25, -0.2) is 5.84 Å². The summed E-state index contributed by atoms with van der Waals surface area (Å²) < 4.78 is 40.8. The maximum atomic E-state index is 13.1. The second kappa shape index (κ2) is 5.97. The fourth-order valence-electron chi connectivity index (χ4n) is 2.58. The van der Waals surface area contributed by atoms with E-state index < -0.39 is 17.6 Å². The molecular formula is C16H13F3N4O. The Morgan fingerprint density at radius 1 is 1.12 bits per heavy atom. The van der Waals surface area contributed by atoms with Crippen LogP contribution in [0.5, 0.6) is 0 Å². The van der Waals surface area contributed by atoms with E-state index in [-0.39, 0.29) is 17.8 Å². The molecule has 0 aliphatic carbocycles. The van der Waals surface area contributed by atoms with Crippen molar-refractivity contribution in [2.45, 2.75) is 12.7 Å². The van der Waals surface area contributed by atoms with Crippen LogP contribution in [-0.2, 0) is 12.7 Å². The first-order valence-corrected chi connectivity index (χ1v) is 7.03. The molecule has 8 heteroatoms. The second-order valence-corrected chi connectivity index (χ2v) is 5.15. The van der Waals surface area contributed by atoms with Gasteiger partial charge in [0.2, 0.25) is 0 Å². The lowest BCUT2D eigenvalue weighted by molar-refractivity contribution is -0.138. The number of nitrogens with zero attached hydrogens (tertiary/aromatic N) is 2. The number of carbonyl (C=O) groups is 1. The summed E-state index contributed by atoms with van der Waals surface area (Å²) in [5.41, 5.74) is 1.95. The standard InChI is InChI=1S/C16H13F3N4O/c17-16(18,19)12-7-3-1-5-10(12)9-23-13-8-4-2-6-11(13)14(22-23)15(24)21-20/h1-8H,9,20H2,(H,21,24). The maximum absolute atomic E-state index is 13.1. The van der Waals surface area contributed by atoms with Crippen LogP contribution in [0.25, 0.3) is 10.9 Å². The van der Waals surface area contributed by atoms with Crippen LogP contribution >= 0.6 is 0 Å². The number of rotatable bonds is 3. The molecule has 0 spiro atoms. The maximum Gasteiger partial charge on any atom is 0.416 e. The van der Waals surface area contributed by atoms with E-state index in [9.17, 15) is 18.0 Å². The fourth-order valence-corrected chi connectivity index (χ4v) is 2.58. The van der Waals surface area contributed by atoms with Crippen molar-refractivity contribution in [3.8, 4) is 0 Å². The molecule has 0 fully saturated rings. The van der Waals surface area contributed by atoms with Crippen LogP contribution in [0.2, 0.25) is 0 Å². The zero-order valence-electron chi connectivity index (χ0n) is 12.3. The zero-order valence-corrected chi connectivity index (χ0v) is 12.3. The molecule has 0 radical (unpaired) electrons. The molecule has 3 aromatic rings. The van der Waals surface area contributed by atoms with E-state index in [0.29, 0.717) is 10.9 Å². The Hall–Kier alpha value is -2.87. The Morgan fingerprint density at radius 3 is 2.50 bits per heavy atom. The Morgan fingerprint density at radius 2 is 1.79 bits per heavy atom.